The van der Waals surface area contributed by atoms with Gasteiger partial charge in [-0.1, -0.05) is 0 Å². The van der Waals surface area contributed by atoms with Crippen molar-refractivity contribution in [3.63, 3.8) is 0 Å². The lowest BCUT2D eigenvalue weighted by Gasteiger charge is -2.29. The number of carbonyl (C=O) groups excluding carboxylic acids is 4. The first-order valence-corrected chi connectivity index (χ1v) is 9.64. The minimum absolute atomic E-state index is 0.00200. The minimum Gasteiger partial charge on any atom is -0.322 e. The Balaban J connectivity index is 1.35. The lowest BCUT2D eigenvalue weighted by Crippen LogP contribution is -2.52. The molecule has 0 aliphatic carbocycles. The number of carbonyl (C=O) groups is 4. The molecule has 1 fully saturated rings. The Morgan fingerprint density at radius 3 is 2.87 bits per heavy atom. The van der Waals surface area contributed by atoms with E-state index in [0.29, 0.717) is 28.9 Å². The molecule has 2 N–H and O–H groups in total. The van der Waals surface area contributed by atoms with Crippen LogP contribution < -0.4 is 10.6 Å². The summed E-state index contributed by atoms with van der Waals surface area (Å²) in [6.07, 6.45) is 3.63. The summed E-state index contributed by atoms with van der Waals surface area (Å²) >= 11 is 0. The minimum atomic E-state index is -0.685. The number of rotatable bonds is 3. The number of hydrogen-bond acceptors (Lipinski definition) is 7. The normalized spacial score (nSPS) is 18.3. The van der Waals surface area contributed by atoms with Crippen LogP contribution in [-0.4, -0.2) is 54.3 Å². The number of imide groups is 1. The molecule has 11 heteroatoms. The monoisotopic (exact) mass is 419 g/mol. The van der Waals surface area contributed by atoms with Crippen molar-refractivity contribution in [1.82, 2.24) is 30.0 Å². The molecule has 0 spiro atoms. The Kier molecular flexibility index (Phi) is 4.24. The first-order valence-electron chi connectivity index (χ1n) is 9.64. The van der Waals surface area contributed by atoms with Gasteiger partial charge in [-0.3, -0.25) is 29.2 Å². The SMILES string of the molecule is Cn1ncc2cnc(C(=O)Nc3ccc4c(c3)CN(C3CCC(=O)NC3=O)C4=O)nc21. The molecule has 2 aromatic heterocycles. The maximum atomic E-state index is 12.8. The van der Waals surface area contributed by atoms with Gasteiger partial charge in [0.1, 0.15) is 6.04 Å². The van der Waals surface area contributed by atoms with E-state index in [4.69, 9.17) is 0 Å². The standard InChI is InChI=1S/C20H17N7O4/c1-26-17-11(8-22-26)7-21-16(25-17)19(30)23-12-2-3-13-10(6-12)9-27(20(13)31)14-4-5-15(28)24-18(14)29/h2-3,6-8,14H,4-5,9H2,1H3,(H,23,30)(H,24,28,29). The number of aromatic nitrogens is 4. The topological polar surface area (TPSA) is 139 Å². The molecule has 0 saturated carbocycles. The zero-order valence-corrected chi connectivity index (χ0v) is 16.5. The molecule has 1 saturated heterocycles. The van der Waals surface area contributed by atoms with Crippen molar-refractivity contribution in [2.75, 3.05) is 5.32 Å². The van der Waals surface area contributed by atoms with Gasteiger partial charge in [0, 0.05) is 37.5 Å². The van der Waals surface area contributed by atoms with E-state index in [1.165, 1.54) is 11.1 Å². The first-order chi connectivity index (χ1) is 14.9. The summed E-state index contributed by atoms with van der Waals surface area (Å²) in [5.41, 5.74) is 2.18. The Morgan fingerprint density at radius 2 is 2.06 bits per heavy atom. The predicted molar refractivity (Wildman–Crippen MR) is 107 cm³/mol. The average molecular weight is 419 g/mol. The highest BCUT2D eigenvalue weighted by Gasteiger charge is 2.39. The molecule has 3 aromatic rings. The van der Waals surface area contributed by atoms with Gasteiger partial charge in [-0.15, -0.1) is 0 Å². The Morgan fingerprint density at radius 1 is 1.23 bits per heavy atom. The van der Waals surface area contributed by atoms with Crippen molar-refractivity contribution >= 4 is 40.3 Å². The lowest BCUT2D eigenvalue weighted by molar-refractivity contribution is -0.136. The predicted octanol–water partition coefficient (Wildman–Crippen LogP) is 0.377. The summed E-state index contributed by atoms with van der Waals surface area (Å²) < 4.78 is 1.55. The van der Waals surface area contributed by atoms with Gasteiger partial charge in [0.2, 0.25) is 17.6 Å². The number of hydrogen-bond donors (Lipinski definition) is 2. The Bertz CT molecular complexity index is 1280. The second kappa shape index (κ2) is 6.97. The molecule has 4 heterocycles. The van der Waals surface area contributed by atoms with Crippen molar-refractivity contribution in [2.24, 2.45) is 7.05 Å². The van der Waals surface area contributed by atoms with E-state index in [1.54, 1.807) is 36.1 Å². The molecule has 1 atom stereocenters. The zero-order chi connectivity index (χ0) is 21.7. The van der Waals surface area contributed by atoms with Gasteiger partial charge in [0.05, 0.1) is 11.6 Å². The average Bonchev–Trinajstić information content (AvgIpc) is 3.27. The van der Waals surface area contributed by atoms with E-state index in [0.717, 1.165) is 5.39 Å². The highest BCUT2D eigenvalue weighted by atomic mass is 16.2. The van der Waals surface area contributed by atoms with Gasteiger partial charge in [0.25, 0.3) is 11.8 Å². The molecule has 4 amide bonds. The van der Waals surface area contributed by atoms with E-state index >= 15 is 0 Å². The van der Waals surface area contributed by atoms with Crippen molar-refractivity contribution in [3.05, 3.63) is 47.5 Å². The van der Waals surface area contributed by atoms with Crippen LogP contribution in [0, 0.1) is 0 Å². The van der Waals surface area contributed by atoms with E-state index in [1.807, 2.05) is 0 Å². The fourth-order valence-corrected chi connectivity index (χ4v) is 3.88. The number of benzene rings is 1. The van der Waals surface area contributed by atoms with E-state index in [-0.39, 0.29) is 30.6 Å². The number of amides is 4. The molecular weight excluding hydrogens is 402 g/mol. The van der Waals surface area contributed by atoms with Crippen LogP contribution in [0.5, 0.6) is 0 Å². The summed E-state index contributed by atoms with van der Waals surface area (Å²) in [4.78, 5) is 58.7. The molecule has 31 heavy (non-hydrogen) atoms. The molecule has 2 aliphatic rings. The van der Waals surface area contributed by atoms with Gasteiger partial charge in [-0.2, -0.15) is 5.10 Å². The number of anilines is 1. The van der Waals surface area contributed by atoms with Crippen molar-refractivity contribution < 1.29 is 19.2 Å². The third kappa shape index (κ3) is 3.19. The third-order valence-corrected chi connectivity index (χ3v) is 5.46. The van der Waals surface area contributed by atoms with Crippen molar-refractivity contribution in [2.45, 2.75) is 25.4 Å². The second-order valence-corrected chi connectivity index (χ2v) is 7.47. The van der Waals surface area contributed by atoms with Gasteiger partial charge < -0.3 is 10.2 Å². The number of piperidine rings is 1. The van der Waals surface area contributed by atoms with Gasteiger partial charge >= 0.3 is 0 Å². The first kappa shape index (κ1) is 18.9. The fourth-order valence-electron chi connectivity index (χ4n) is 3.88. The number of nitrogens with zero attached hydrogens (tertiary/aromatic N) is 5. The fraction of sp³-hybridized carbons (Fsp3) is 0.250. The highest BCUT2D eigenvalue weighted by molar-refractivity contribution is 6.06. The molecule has 11 nitrogen and oxygen atoms in total. The summed E-state index contributed by atoms with van der Waals surface area (Å²) in [6, 6.07) is 4.24. The third-order valence-electron chi connectivity index (χ3n) is 5.46. The summed E-state index contributed by atoms with van der Waals surface area (Å²) in [6.45, 7) is 0.224. The number of fused-ring (bicyclic) bond motifs is 2. The molecule has 1 unspecified atom stereocenters. The summed E-state index contributed by atoms with van der Waals surface area (Å²) in [7, 11) is 1.72. The highest BCUT2D eigenvalue weighted by Crippen LogP contribution is 2.29. The van der Waals surface area contributed by atoms with Crippen LogP contribution in [0.3, 0.4) is 0 Å². The van der Waals surface area contributed by atoms with E-state index < -0.39 is 17.9 Å². The molecule has 156 valence electrons. The zero-order valence-electron chi connectivity index (χ0n) is 16.5. The maximum Gasteiger partial charge on any atom is 0.293 e. The second-order valence-electron chi connectivity index (χ2n) is 7.47. The van der Waals surface area contributed by atoms with Crippen LogP contribution in [0.1, 0.15) is 39.4 Å². The van der Waals surface area contributed by atoms with E-state index in [9.17, 15) is 19.2 Å². The molecular formula is C20H17N7O4. The van der Waals surface area contributed by atoms with Crippen LogP contribution in [-0.2, 0) is 23.2 Å². The lowest BCUT2D eigenvalue weighted by atomic mass is 10.0. The van der Waals surface area contributed by atoms with Gasteiger partial charge in [0.15, 0.2) is 5.65 Å². The maximum absolute atomic E-state index is 12.8. The quantitative estimate of drug-likeness (QED) is 0.585. The summed E-state index contributed by atoms with van der Waals surface area (Å²) in [5, 5.41) is 9.82. The van der Waals surface area contributed by atoms with Crippen LogP contribution >= 0.6 is 0 Å². The smallest absolute Gasteiger partial charge is 0.293 e. The molecule has 1 aromatic carbocycles. The van der Waals surface area contributed by atoms with Gasteiger partial charge in [-0.25, -0.2) is 9.97 Å². The molecule has 0 bridgehead atoms. The molecule has 2 aliphatic heterocycles. The summed E-state index contributed by atoms with van der Waals surface area (Å²) in [5.74, 6) is -1.56. The van der Waals surface area contributed by atoms with Gasteiger partial charge in [-0.05, 0) is 30.2 Å². The largest absolute Gasteiger partial charge is 0.322 e. The van der Waals surface area contributed by atoms with E-state index in [2.05, 4.69) is 25.7 Å². The number of nitrogens with one attached hydrogen (secondary N) is 2. The molecule has 0 radical (unpaired) electrons. The Labute approximate surface area is 175 Å². The number of aryl methyl sites for hydroxylation is 1. The van der Waals surface area contributed by atoms with Crippen LogP contribution in [0.25, 0.3) is 11.0 Å². The van der Waals surface area contributed by atoms with Crippen LogP contribution in [0.4, 0.5) is 5.69 Å². The molecule has 5 rings (SSSR count). The van der Waals surface area contributed by atoms with Crippen molar-refractivity contribution in [1.29, 1.82) is 0 Å². The van der Waals surface area contributed by atoms with Crippen LogP contribution in [0.15, 0.2) is 30.6 Å². The van der Waals surface area contributed by atoms with Crippen molar-refractivity contribution in [3.8, 4) is 0 Å². The Hall–Kier alpha value is -4.15. The van der Waals surface area contributed by atoms with Crippen LogP contribution in [0.2, 0.25) is 0 Å².